The zero-order chi connectivity index (χ0) is 19.0. The second-order valence-corrected chi connectivity index (χ2v) is 6.89. The van der Waals surface area contributed by atoms with Crippen molar-refractivity contribution in [3.05, 3.63) is 35.6 Å². The largest absolute Gasteiger partial charge is 0.386 e. The number of guanidine groups is 1. The van der Waals surface area contributed by atoms with Gasteiger partial charge in [-0.2, -0.15) is 0 Å². The van der Waals surface area contributed by atoms with E-state index in [1.54, 1.807) is 24.1 Å². The molecule has 0 spiro atoms. The summed E-state index contributed by atoms with van der Waals surface area (Å²) in [5.74, 6) is -0.120. The molecule has 0 radical (unpaired) electrons. The van der Waals surface area contributed by atoms with Gasteiger partial charge in [-0.3, -0.25) is 9.79 Å². The Morgan fingerprint density at radius 3 is 2.56 bits per heavy atom. The first-order chi connectivity index (χ1) is 11.6. The first-order valence-corrected chi connectivity index (χ1v) is 8.37. The highest BCUT2D eigenvalue weighted by Crippen LogP contribution is 2.16. The molecule has 0 aromatic heterocycles. The molecule has 0 aliphatic heterocycles. The number of aliphatic hydroxyl groups is 1. The summed E-state index contributed by atoms with van der Waals surface area (Å²) in [5.41, 5.74) is -0.107. The van der Waals surface area contributed by atoms with E-state index in [9.17, 15) is 14.3 Å². The van der Waals surface area contributed by atoms with E-state index in [1.165, 1.54) is 12.1 Å². The predicted octanol–water partition coefficient (Wildman–Crippen LogP) is 1.67. The smallest absolute Gasteiger partial charge is 0.240 e. The number of amides is 1. The van der Waals surface area contributed by atoms with Crippen LogP contribution >= 0.6 is 0 Å². The number of aliphatic imine (C=N–C) groups is 1. The van der Waals surface area contributed by atoms with Crippen molar-refractivity contribution >= 4 is 11.9 Å². The maximum absolute atomic E-state index is 13.7. The van der Waals surface area contributed by atoms with Crippen molar-refractivity contribution in [3.8, 4) is 0 Å². The molecule has 1 unspecified atom stereocenters. The van der Waals surface area contributed by atoms with Crippen LogP contribution in [0.1, 0.15) is 39.4 Å². The summed E-state index contributed by atoms with van der Waals surface area (Å²) in [6.07, 6.45) is -1.05. The third-order valence-electron chi connectivity index (χ3n) is 3.27. The Bertz CT molecular complexity index is 599. The van der Waals surface area contributed by atoms with Crippen LogP contribution in [0.2, 0.25) is 0 Å². The Morgan fingerprint density at radius 2 is 2.00 bits per heavy atom. The molecule has 0 saturated carbocycles. The normalized spacial score (nSPS) is 13.3. The van der Waals surface area contributed by atoms with Crippen LogP contribution in [0.25, 0.3) is 0 Å². The molecule has 0 saturated heterocycles. The minimum absolute atomic E-state index is 0.00546. The van der Waals surface area contributed by atoms with Crippen molar-refractivity contribution in [1.82, 2.24) is 15.5 Å². The van der Waals surface area contributed by atoms with E-state index >= 15 is 0 Å². The quantitative estimate of drug-likeness (QED) is 0.538. The molecule has 0 bridgehead atoms. The second kappa shape index (κ2) is 9.36. The first kappa shape index (κ1) is 20.9. The number of nitrogens with zero attached hydrogens (tertiary/aromatic N) is 2. The van der Waals surface area contributed by atoms with Crippen LogP contribution in [-0.2, 0) is 4.79 Å². The van der Waals surface area contributed by atoms with Gasteiger partial charge in [0.15, 0.2) is 5.96 Å². The standard InChI is InChI=1S/C18H29FN4O2/c1-6-20-17(23(5)12-16(25)22-18(2,3)4)21-11-15(24)13-9-7-8-10-14(13)19/h7-10,15,24H,6,11-12H2,1-5H3,(H,20,21)(H,22,25). The fourth-order valence-electron chi connectivity index (χ4n) is 2.23. The molecule has 1 aromatic carbocycles. The van der Waals surface area contributed by atoms with E-state index in [1.807, 2.05) is 27.7 Å². The Kier molecular flexibility index (Phi) is 7.83. The topological polar surface area (TPSA) is 77.0 Å². The molecule has 0 fully saturated rings. The highest BCUT2D eigenvalue weighted by atomic mass is 19.1. The average molecular weight is 352 g/mol. The Balaban J connectivity index is 2.75. The molecule has 1 amide bonds. The van der Waals surface area contributed by atoms with Gasteiger partial charge in [0.05, 0.1) is 13.1 Å². The van der Waals surface area contributed by atoms with Gasteiger partial charge in [-0.15, -0.1) is 0 Å². The number of aliphatic hydroxyl groups excluding tert-OH is 1. The van der Waals surface area contributed by atoms with Crippen molar-refractivity contribution in [2.45, 2.75) is 39.3 Å². The third-order valence-corrected chi connectivity index (χ3v) is 3.27. The number of hydrogen-bond acceptors (Lipinski definition) is 3. The lowest BCUT2D eigenvalue weighted by atomic mass is 10.1. The van der Waals surface area contributed by atoms with Crippen LogP contribution < -0.4 is 10.6 Å². The maximum atomic E-state index is 13.7. The lowest BCUT2D eigenvalue weighted by Gasteiger charge is -2.25. The molecule has 6 nitrogen and oxygen atoms in total. The summed E-state index contributed by atoms with van der Waals surface area (Å²) in [6.45, 7) is 8.37. The van der Waals surface area contributed by atoms with Crippen LogP contribution in [0.3, 0.4) is 0 Å². The highest BCUT2D eigenvalue weighted by molar-refractivity contribution is 5.86. The molecule has 3 N–H and O–H groups in total. The van der Waals surface area contributed by atoms with Gasteiger partial charge in [0.25, 0.3) is 0 Å². The van der Waals surface area contributed by atoms with Gasteiger partial charge in [0.2, 0.25) is 5.91 Å². The molecule has 0 aliphatic carbocycles. The molecule has 140 valence electrons. The third kappa shape index (κ3) is 7.51. The number of likely N-dealkylation sites (N-methyl/N-ethyl adjacent to an activating group) is 1. The number of halogens is 1. The van der Waals surface area contributed by atoms with Crippen molar-refractivity contribution in [2.75, 3.05) is 26.7 Å². The summed E-state index contributed by atoms with van der Waals surface area (Å²) in [4.78, 5) is 18.0. The van der Waals surface area contributed by atoms with E-state index in [0.717, 1.165) is 0 Å². The van der Waals surface area contributed by atoms with Gasteiger partial charge in [-0.05, 0) is 33.8 Å². The van der Waals surface area contributed by atoms with E-state index in [-0.39, 0.29) is 30.1 Å². The van der Waals surface area contributed by atoms with Crippen molar-refractivity contribution in [2.24, 2.45) is 4.99 Å². The van der Waals surface area contributed by atoms with Gasteiger partial charge in [-0.1, -0.05) is 18.2 Å². The Hall–Kier alpha value is -2.15. The Morgan fingerprint density at radius 1 is 1.36 bits per heavy atom. The van der Waals surface area contributed by atoms with Crippen LogP contribution in [0.4, 0.5) is 4.39 Å². The van der Waals surface area contributed by atoms with Crippen molar-refractivity contribution < 1.29 is 14.3 Å². The summed E-state index contributed by atoms with van der Waals surface area (Å²) < 4.78 is 13.7. The highest BCUT2D eigenvalue weighted by Gasteiger charge is 2.17. The number of hydrogen-bond donors (Lipinski definition) is 3. The van der Waals surface area contributed by atoms with Crippen LogP contribution in [0.5, 0.6) is 0 Å². The molecule has 0 aliphatic rings. The molecule has 1 atom stereocenters. The zero-order valence-corrected chi connectivity index (χ0v) is 15.6. The average Bonchev–Trinajstić information content (AvgIpc) is 2.49. The molecular weight excluding hydrogens is 323 g/mol. The lowest BCUT2D eigenvalue weighted by Crippen LogP contribution is -2.48. The number of benzene rings is 1. The number of nitrogens with one attached hydrogen (secondary N) is 2. The number of carbonyl (C=O) groups is 1. The summed E-state index contributed by atoms with van der Waals surface area (Å²) in [5, 5.41) is 16.1. The summed E-state index contributed by atoms with van der Waals surface area (Å²) in [7, 11) is 1.74. The van der Waals surface area contributed by atoms with Crippen LogP contribution in [-0.4, -0.2) is 54.1 Å². The number of carbonyl (C=O) groups excluding carboxylic acids is 1. The van der Waals surface area contributed by atoms with Crippen molar-refractivity contribution in [1.29, 1.82) is 0 Å². The minimum Gasteiger partial charge on any atom is -0.386 e. The minimum atomic E-state index is -1.05. The maximum Gasteiger partial charge on any atom is 0.240 e. The molecule has 1 aromatic rings. The van der Waals surface area contributed by atoms with Crippen LogP contribution in [0, 0.1) is 5.82 Å². The first-order valence-electron chi connectivity index (χ1n) is 8.37. The second-order valence-electron chi connectivity index (χ2n) is 6.89. The van der Waals surface area contributed by atoms with Gasteiger partial charge in [0, 0.05) is 24.7 Å². The van der Waals surface area contributed by atoms with Gasteiger partial charge in [0.1, 0.15) is 11.9 Å². The zero-order valence-electron chi connectivity index (χ0n) is 15.6. The number of rotatable bonds is 6. The summed E-state index contributed by atoms with van der Waals surface area (Å²) in [6, 6.07) is 6.07. The predicted molar refractivity (Wildman–Crippen MR) is 97.9 cm³/mol. The molecule has 25 heavy (non-hydrogen) atoms. The van der Waals surface area contributed by atoms with E-state index in [4.69, 9.17) is 0 Å². The van der Waals surface area contributed by atoms with Crippen LogP contribution in [0.15, 0.2) is 29.3 Å². The Labute approximate surface area is 149 Å². The van der Waals surface area contributed by atoms with E-state index in [2.05, 4.69) is 15.6 Å². The molecule has 1 rings (SSSR count). The van der Waals surface area contributed by atoms with E-state index in [0.29, 0.717) is 12.5 Å². The fourth-order valence-corrected chi connectivity index (χ4v) is 2.23. The van der Waals surface area contributed by atoms with Gasteiger partial charge >= 0.3 is 0 Å². The SMILES string of the molecule is CCNC(=NCC(O)c1ccccc1F)N(C)CC(=O)NC(C)(C)C. The van der Waals surface area contributed by atoms with Crippen molar-refractivity contribution in [3.63, 3.8) is 0 Å². The molecule has 7 heteroatoms. The molecule has 0 heterocycles. The fraction of sp³-hybridized carbons (Fsp3) is 0.556. The van der Waals surface area contributed by atoms with Gasteiger partial charge < -0.3 is 20.6 Å². The lowest BCUT2D eigenvalue weighted by molar-refractivity contribution is -0.122. The van der Waals surface area contributed by atoms with E-state index < -0.39 is 11.9 Å². The van der Waals surface area contributed by atoms with Gasteiger partial charge in [-0.25, -0.2) is 4.39 Å². The monoisotopic (exact) mass is 352 g/mol. The summed E-state index contributed by atoms with van der Waals surface area (Å²) >= 11 is 0. The molecular formula is C18H29FN4O2.